The normalized spacial score (nSPS) is 11.4. The van der Waals surface area contributed by atoms with Crippen LogP contribution in [-0.4, -0.2) is 25.1 Å². The van der Waals surface area contributed by atoms with Crippen LogP contribution >= 0.6 is 0 Å². The predicted octanol–water partition coefficient (Wildman–Crippen LogP) is 3.61. The zero-order valence-electron chi connectivity index (χ0n) is 12.0. The zero-order chi connectivity index (χ0) is 14.5. The molecule has 0 unspecified atom stereocenters. The molecule has 0 saturated carbocycles. The van der Waals surface area contributed by atoms with Crippen LogP contribution in [0.15, 0.2) is 18.2 Å². The Morgan fingerprint density at radius 2 is 1.89 bits per heavy atom. The number of Topliss-reactive ketones (excluding diaryl/α,β-unsaturated/α-hetero) is 1. The van der Waals surface area contributed by atoms with Crippen molar-refractivity contribution in [1.29, 1.82) is 0 Å². The molecular weight excluding hydrogens is 247 g/mol. The third-order valence-electron chi connectivity index (χ3n) is 3.38. The van der Waals surface area contributed by atoms with Crippen molar-refractivity contribution in [3.8, 4) is 5.75 Å². The zero-order valence-corrected chi connectivity index (χ0v) is 12.0. The highest BCUT2D eigenvalue weighted by Gasteiger charge is 2.37. The molecule has 1 aromatic carbocycles. The van der Waals surface area contributed by atoms with Crippen molar-refractivity contribution in [2.45, 2.75) is 39.2 Å². The second kappa shape index (κ2) is 6.66. The first-order chi connectivity index (χ1) is 9.04. The van der Waals surface area contributed by atoms with E-state index in [0.29, 0.717) is 25.2 Å². The van der Waals surface area contributed by atoms with Crippen LogP contribution in [-0.2, 0) is 4.74 Å². The Labute approximate surface area is 113 Å². The summed E-state index contributed by atoms with van der Waals surface area (Å²) in [5, 5.41) is 0. The van der Waals surface area contributed by atoms with Crippen molar-refractivity contribution in [2.75, 3.05) is 13.7 Å². The molecule has 0 aliphatic rings. The van der Waals surface area contributed by atoms with Gasteiger partial charge in [-0.05, 0) is 38.0 Å². The van der Waals surface area contributed by atoms with Crippen LogP contribution in [0.5, 0.6) is 5.75 Å². The predicted molar refractivity (Wildman–Crippen MR) is 72.2 cm³/mol. The molecule has 0 radical (unpaired) electrons. The number of hydrogen-bond donors (Lipinski definition) is 0. The number of carbonyl (C=O) groups is 1. The Kier molecular flexibility index (Phi) is 5.48. The van der Waals surface area contributed by atoms with Gasteiger partial charge in [0.2, 0.25) is 0 Å². The number of carbonyl (C=O) groups excluding carboxylic acids is 1. The van der Waals surface area contributed by atoms with E-state index >= 15 is 0 Å². The van der Waals surface area contributed by atoms with Gasteiger partial charge in [0.1, 0.15) is 17.2 Å². The molecule has 0 fully saturated rings. The fraction of sp³-hybridized carbons (Fsp3) is 0.533. The smallest absolute Gasteiger partial charge is 0.198 e. The van der Waals surface area contributed by atoms with Crippen LogP contribution in [0.3, 0.4) is 0 Å². The highest BCUT2D eigenvalue weighted by molar-refractivity contribution is 6.04. The summed E-state index contributed by atoms with van der Waals surface area (Å²) < 4.78 is 24.2. The highest BCUT2D eigenvalue weighted by Crippen LogP contribution is 2.30. The average Bonchev–Trinajstić information content (AvgIpc) is 2.44. The van der Waals surface area contributed by atoms with E-state index in [-0.39, 0.29) is 11.3 Å². The molecule has 0 heterocycles. The third kappa shape index (κ3) is 3.13. The fourth-order valence-electron chi connectivity index (χ4n) is 2.22. The van der Waals surface area contributed by atoms with Gasteiger partial charge in [0, 0.05) is 6.61 Å². The maximum absolute atomic E-state index is 13.4. The second-order valence-corrected chi connectivity index (χ2v) is 4.31. The van der Waals surface area contributed by atoms with Crippen LogP contribution in [0.2, 0.25) is 0 Å². The monoisotopic (exact) mass is 268 g/mol. The lowest BCUT2D eigenvalue weighted by Gasteiger charge is -2.30. The summed E-state index contributed by atoms with van der Waals surface area (Å²) in [6.45, 7) is 6.06. The van der Waals surface area contributed by atoms with Gasteiger partial charge in [-0.25, -0.2) is 4.39 Å². The summed E-state index contributed by atoms with van der Waals surface area (Å²) in [5.41, 5.74) is -0.671. The molecule has 19 heavy (non-hydrogen) atoms. The highest BCUT2D eigenvalue weighted by atomic mass is 19.1. The number of halogens is 1. The molecule has 106 valence electrons. The first kappa shape index (κ1) is 15.6. The maximum atomic E-state index is 13.4. The summed E-state index contributed by atoms with van der Waals surface area (Å²) in [7, 11) is 1.46. The number of hydrogen-bond acceptors (Lipinski definition) is 3. The van der Waals surface area contributed by atoms with Crippen LogP contribution in [0, 0.1) is 5.82 Å². The van der Waals surface area contributed by atoms with Crippen LogP contribution in [0.1, 0.15) is 44.0 Å². The minimum Gasteiger partial charge on any atom is -0.496 e. The molecule has 0 aliphatic heterocycles. The van der Waals surface area contributed by atoms with Gasteiger partial charge < -0.3 is 9.47 Å². The third-order valence-corrected chi connectivity index (χ3v) is 3.38. The van der Waals surface area contributed by atoms with E-state index in [1.807, 2.05) is 20.8 Å². The van der Waals surface area contributed by atoms with E-state index in [1.54, 1.807) is 0 Å². The molecule has 1 rings (SSSR count). The van der Waals surface area contributed by atoms with E-state index in [9.17, 15) is 9.18 Å². The molecule has 0 amide bonds. The molecule has 1 aromatic rings. The van der Waals surface area contributed by atoms with Crippen LogP contribution in [0.25, 0.3) is 0 Å². The Bertz CT molecular complexity index is 439. The summed E-state index contributed by atoms with van der Waals surface area (Å²) in [4.78, 5) is 12.7. The lowest BCUT2D eigenvalue weighted by Crippen LogP contribution is -2.40. The van der Waals surface area contributed by atoms with Crippen LogP contribution < -0.4 is 4.74 Å². The lowest BCUT2D eigenvalue weighted by molar-refractivity contribution is -0.0252. The van der Waals surface area contributed by atoms with Crippen LogP contribution in [0.4, 0.5) is 4.39 Å². The molecule has 0 aliphatic carbocycles. The van der Waals surface area contributed by atoms with E-state index in [2.05, 4.69) is 0 Å². The van der Waals surface area contributed by atoms with E-state index in [4.69, 9.17) is 9.47 Å². The standard InChI is InChI=1S/C15H21FO3/c1-5-15(6-2,19-7-3)14(17)12-10-11(16)8-9-13(12)18-4/h8-10H,5-7H2,1-4H3. The van der Waals surface area contributed by atoms with Crippen molar-refractivity contribution in [1.82, 2.24) is 0 Å². The Morgan fingerprint density at radius 3 is 2.37 bits per heavy atom. The van der Waals surface area contributed by atoms with E-state index in [1.165, 1.54) is 25.3 Å². The van der Waals surface area contributed by atoms with E-state index < -0.39 is 11.4 Å². The number of ether oxygens (including phenoxy) is 2. The molecule has 0 N–H and O–H groups in total. The first-order valence-electron chi connectivity index (χ1n) is 6.56. The molecule has 0 bridgehead atoms. The van der Waals surface area contributed by atoms with Gasteiger partial charge in [-0.1, -0.05) is 13.8 Å². The summed E-state index contributed by atoms with van der Waals surface area (Å²) in [6, 6.07) is 3.95. The molecule has 4 heteroatoms. The second-order valence-electron chi connectivity index (χ2n) is 4.31. The van der Waals surface area contributed by atoms with Crippen molar-refractivity contribution in [2.24, 2.45) is 0 Å². The quantitative estimate of drug-likeness (QED) is 0.709. The SMILES string of the molecule is CCOC(CC)(CC)C(=O)c1cc(F)ccc1OC. The van der Waals surface area contributed by atoms with Gasteiger partial charge in [0.25, 0.3) is 0 Å². The van der Waals surface area contributed by atoms with Gasteiger partial charge in [-0.15, -0.1) is 0 Å². The van der Waals surface area contributed by atoms with Crippen molar-refractivity contribution >= 4 is 5.78 Å². The van der Waals surface area contributed by atoms with E-state index in [0.717, 1.165) is 0 Å². The fourth-order valence-corrected chi connectivity index (χ4v) is 2.22. The lowest BCUT2D eigenvalue weighted by atomic mass is 9.87. The minimum absolute atomic E-state index is 0.226. The molecule has 0 atom stereocenters. The van der Waals surface area contributed by atoms with Gasteiger partial charge in [0.05, 0.1) is 12.7 Å². The first-order valence-corrected chi connectivity index (χ1v) is 6.56. The summed E-state index contributed by atoms with van der Waals surface area (Å²) in [6.07, 6.45) is 1.08. The number of methoxy groups -OCH3 is 1. The topological polar surface area (TPSA) is 35.5 Å². The summed E-state index contributed by atoms with van der Waals surface area (Å²) >= 11 is 0. The Hall–Kier alpha value is -1.42. The number of ketones is 1. The summed E-state index contributed by atoms with van der Waals surface area (Å²) in [5.74, 6) is -0.310. The van der Waals surface area contributed by atoms with Crippen molar-refractivity contribution in [3.63, 3.8) is 0 Å². The molecule has 3 nitrogen and oxygen atoms in total. The minimum atomic E-state index is -0.907. The number of rotatable bonds is 7. The molecule has 0 spiro atoms. The Morgan fingerprint density at radius 1 is 1.26 bits per heavy atom. The number of benzene rings is 1. The Balaban J connectivity index is 3.26. The molecule has 0 saturated heterocycles. The van der Waals surface area contributed by atoms with Gasteiger partial charge in [-0.2, -0.15) is 0 Å². The van der Waals surface area contributed by atoms with Gasteiger partial charge in [-0.3, -0.25) is 4.79 Å². The van der Waals surface area contributed by atoms with Crippen molar-refractivity contribution < 1.29 is 18.7 Å². The van der Waals surface area contributed by atoms with Gasteiger partial charge >= 0.3 is 0 Å². The van der Waals surface area contributed by atoms with Crippen molar-refractivity contribution in [3.05, 3.63) is 29.6 Å². The molecular formula is C15H21FO3. The largest absolute Gasteiger partial charge is 0.496 e. The van der Waals surface area contributed by atoms with Gasteiger partial charge in [0.15, 0.2) is 5.78 Å². The molecule has 0 aromatic heterocycles. The average molecular weight is 268 g/mol. The maximum Gasteiger partial charge on any atom is 0.198 e.